The molecular weight excluding hydrogens is 392 g/mol. The molecule has 0 atom stereocenters. The number of nitrogens with one attached hydrogen (secondary N) is 1. The van der Waals surface area contributed by atoms with Crippen molar-refractivity contribution in [1.82, 2.24) is 15.5 Å². The molecule has 0 aliphatic rings. The molecule has 0 aliphatic carbocycles. The van der Waals surface area contributed by atoms with E-state index in [9.17, 15) is 4.79 Å². The highest BCUT2D eigenvalue weighted by atomic mass is 16.5. The lowest BCUT2D eigenvalue weighted by molar-refractivity contribution is 0.0932. The van der Waals surface area contributed by atoms with Crippen LogP contribution in [0.4, 0.5) is 5.69 Å². The van der Waals surface area contributed by atoms with Gasteiger partial charge in [0, 0.05) is 36.0 Å². The Hall–Kier alpha value is -3.71. The van der Waals surface area contributed by atoms with Crippen molar-refractivity contribution in [2.45, 2.75) is 12.8 Å². The van der Waals surface area contributed by atoms with Gasteiger partial charge >= 0.3 is 0 Å². The number of aromatic nitrogens is 2. The number of anilines is 1. The van der Waals surface area contributed by atoms with Crippen LogP contribution in [-0.2, 0) is 17.6 Å². The van der Waals surface area contributed by atoms with E-state index in [4.69, 9.17) is 15.0 Å². The summed E-state index contributed by atoms with van der Waals surface area (Å²) in [6.45, 7) is 0.903. The minimum absolute atomic E-state index is 0.211. The fourth-order valence-corrected chi connectivity index (χ4v) is 3.55. The van der Waals surface area contributed by atoms with Gasteiger partial charge in [-0.2, -0.15) is 0 Å². The number of ether oxygens (including phenoxy) is 1. The van der Waals surface area contributed by atoms with E-state index in [0.29, 0.717) is 37.4 Å². The van der Waals surface area contributed by atoms with E-state index in [1.54, 1.807) is 13.2 Å². The Bertz CT molecular complexity index is 1200. The molecular formula is C24H24N4O3. The Morgan fingerprint density at radius 2 is 1.90 bits per heavy atom. The molecule has 0 unspecified atom stereocenters. The zero-order chi connectivity index (χ0) is 21.6. The molecule has 0 radical (unpaired) electrons. The lowest BCUT2D eigenvalue weighted by Crippen LogP contribution is -2.27. The molecule has 31 heavy (non-hydrogen) atoms. The van der Waals surface area contributed by atoms with Crippen molar-refractivity contribution in [2.24, 2.45) is 0 Å². The molecule has 4 rings (SSSR count). The molecule has 1 amide bonds. The first-order valence-electron chi connectivity index (χ1n) is 10.1. The predicted octanol–water partition coefficient (Wildman–Crippen LogP) is 3.63. The second kappa shape index (κ2) is 9.40. The summed E-state index contributed by atoms with van der Waals surface area (Å²) >= 11 is 0. The lowest BCUT2D eigenvalue weighted by atomic mass is 9.96. The van der Waals surface area contributed by atoms with Crippen LogP contribution in [0.15, 0.2) is 65.2 Å². The Morgan fingerprint density at radius 1 is 1.06 bits per heavy atom. The highest BCUT2D eigenvalue weighted by molar-refractivity contribution is 5.95. The number of amides is 1. The van der Waals surface area contributed by atoms with E-state index in [1.165, 1.54) is 0 Å². The van der Waals surface area contributed by atoms with E-state index >= 15 is 0 Å². The summed E-state index contributed by atoms with van der Waals surface area (Å²) in [5, 5.41) is 8.00. The normalized spacial score (nSPS) is 11.0. The van der Waals surface area contributed by atoms with Crippen LogP contribution in [0.1, 0.15) is 21.7 Å². The molecule has 7 nitrogen and oxygen atoms in total. The first-order chi connectivity index (χ1) is 15.2. The second-order valence-corrected chi connectivity index (χ2v) is 7.17. The zero-order valence-corrected chi connectivity index (χ0v) is 17.3. The minimum atomic E-state index is -0.211. The number of fused-ring (bicyclic) bond motifs is 1. The molecule has 3 N–H and O–H groups in total. The van der Waals surface area contributed by atoms with Crippen LogP contribution in [0, 0.1) is 0 Å². The molecule has 2 aromatic heterocycles. The number of nitrogen functional groups attached to an aromatic ring is 1. The molecule has 0 spiro atoms. The van der Waals surface area contributed by atoms with E-state index in [-0.39, 0.29) is 5.91 Å². The molecule has 4 aromatic rings. The minimum Gasteiger partial charge on any atom is -0.398 e. The molecule has 0 fully saturated rings. The number of nitrogens with two attached hydrogens (primary N) is 1. The van der Waals surface area contributed by atoms with Crippen LogP contribution in [0.25, 0.3) is 22.2 Å². The van der Waals surface area contributed by atoms with Gasteiger partial charge in [0.15, 0.2) is 5.58 Å². The molecule has 2 aromatic carbocycles. The zero-order valence-electron chi connectivity index (χ0n) is 17.3. The summed E-state index contributed by atoms with van der Waals surface area (Å²) < 4.78 is 10.4. The number of hydrogen-bond acceptors (Lipinski definition) is 6. The number of carbonyl (C=O) groups excluding carboxylic acids is 1. The van der Waals surface area contributed by atoms with Crippen LogP contribution in [-0.4, -0.2) is 36.3 Å². The highest BCUT2D eigenvalue weighted by Crippen LogP contribution is 2.34. The quantitative estimate of drug-likeness (QED) is 0.336. The average molecular weight is 416 g/mol. The van der Waals surface area contributed by atoms with Gasteiger partial charge in [0.1, 0.15) is 11.4 Å². The summed E-state index contributed by atoms with van der Waals surface area (Å²) in [6, 6.07) is 19.0. The number of pyridine rings is 1. The van der Waals surface area contributed by atoms with Crippen LogP contribution in [0.5, 0.6) is 0 Å². The van der Waals surface area contributed by atoms with Crippen molar-refractivity contribution in [3.8, 4) is 11.3 Å². The fraction of sp³-hybridized carbons (Fsp3) is 0.208. The summed E-state index contributed by atoms with van der Waals surface area (Å²) in [5.74, 6) is -0.211. The van der Waals surface area contributed by atoms with Crippen molar-refractivity contribution < 1.29 is 14.1 Å². The standard InChI is InChI=1S/C24H24N4O3/c1-30-15-14-26-24(29)20-10-5-7-17(27-20)13-12-16-6-4-9-19(25)22(16)23-18-8-2-3-11-21(18)31-28-23/h2-11H,12-15,25H2,1H3,(H,26,29). The maximum absolute atomic E-state index is 12.3. The summed E-state index contributed by atoms with van der Waals surface area (Å²) in [6.07, 6.45) is 1.36. The second-order valence-electron chi connectivity index (χ2n) is 7.17. The maximum atomic E-state index is 12.3. The maximum Gasteiger partial charge on any atom is 0.269 e. The number of benzene rings is 2. The molecule has 0 aliphatic heterocycles. The van der Waals surface area contributed by atoms with Crippen molar-refractivity contribution >= 4 is 22.6 Å². The number of carbonyl (C=O) groups is 1. The van der Waals surface area contributed by atoms with Crippen LogP contribution < -0.4 is 11.1 Å². The summed E-state index contributed by atoms with van der Waals surface area (Å²) in [5.41, 5.74) is 11.6. The van der Waals surface area contributed by atoms with E-state index < -0.39 is 0 Å². The van der Waals surface area contributed by atoms with Crippen molar-refractivity contribution in [2.75, 3.05) is 26.0 Å². The Labute approximate surface area is 180 Å². The van der Waals surface area contributed by atoms with Crippen LogP contribution in [0.2, 0.25) is 0 Å². The van der Waals surface area contributed by atoms with Crippen molar-refractivity contribution in [3.05, 3.63) is 77.6 Å². The van der Waals surface area contributed by atoms with Crippen molar-refractivity contribution in [3.63, 3.8) is 0 Å². The number of hydrogen-bond donors (Lipinski definition) is 2. The third-order valence-electron chi connectivity index (χ3n) is 5.08. The molecule has 0 saturated heterocycles. The van der Waals surface area contributed by atoms with Gasteiger partial charge < -0.3 is 20.3 Å². The Morgan fingerprint density at radius 3 is 2.77 bits per heavy atom. The Kier molecular flexibility index (Phi) is 6.24. The number of aryl methyl sites for hydroxylation is 2. The van der Waals surface area contributed by atoms with Gasteiger partial charge in [0.2, 0.25) is 0 Å². The van der Waals surface area contributed by atoms with Gasteiger partial charge in [-0.3, -0.25) is 4.79 Å². The smallest absolute Gasteiger partial charge is 0.269 e. The van der Waals surface area contributed by atoms with Crippen molar-refractivity contribution in [1.29, 1.82) is 0 Å². The topological polar surface area (TPSA) is 103 Å². The lowest BCUT2D eigenvalue weighted by Gasteiger charge is -2.11. The molecule has 158 valence electrons. The number of para-hydroxylation sites is 1. The van der Waals surface area contributed by atoms with Gasteiger partial charge in [0.25, 0.3) is 5.91 Å². The summed E-state index contributed by atoms with van der Waals surface area (Å²) in [7, 11) is 1.59. The van der Waals surface area contributed by atoms with Gasteiger partial charge in [-0.15, -0.1) is 0 Å². The van der Waals surface area contributed by atoms with Gasteiger partial charge in [0.05, 0.1) is 6.61 Å². The van der Waals surface area contributed by atoms with Gasteiger partial charge in [-0.25, -0.2) is 4.98 Å². The largest absolute Gasteiger partial charge is 0.398 e. The third-order valence-corrected chi connectivity index (χ3v) is 5.08. The molecule has 7 heteroatoms. The SMILES string of the molecule is COCCNC(=O)c1cccc(CCc2cccc(N)c2-c2noc3ccccc23)n1. The number of nitrogens with zero attached hydrogens (tertiary/aromatic N) is 2. The van der Waals surface area contributed by atoms with E-state index in [0.717, 1.165) is 33.5 Å². The first-order valence-corrected chi connectivity index (χ1v) is 10.1. The molecule has 0 saturated carbocycles. The monoisotopic (exact) mass is 416 g/mol. The third kappa shape index (κ3) is 4.57. The van der Waals surface area contributed by atoms with Gasteiger partial charge in [-0.05, 0) is 48.7 Å². The van der Waals surface area contributed by atoms with Crippen LogP contribution >= 0.6 is 0 Å². The molecule has 2 heterocycles. The average Bonchev–Trinajstić information content (AvgIpc) is 3.22. The fourth-order valence-electron chi connectivity index (χ4n) is 3.55. The number of methoxy groups -OCH3 is 1. The van der Waals surface area contributed by atoms with Gasteiger partial charge in [-0.1, -0.05) is 35.5 Å². The first kappa shape index (κ1) is 20.6. The van der Waals surface area contributed by atoms with Crippen LogP contribution in [0.3, 0.4) is 0 Å². The molecule has 0 bridgehead atoms. The predicted molar refractivity (Wildman–Crippen MR) is 120 cm³/mol. The number of rotatable bonds is 8. The Balaban J connectivity index is 1.56. The summed E-state index contributed by atoms with van der Waals surface area (Å²) in [4.78, 5) is 16.8. The van der Waals surface area contributed by atoms with E-state index in [1.807, 2.05) is 54.6 Å². The van der Waals surface area contributed by atoms with E-state index in [2.05, 4.69) is 15.5 Å². The highest BCUT2D eigenvalue weighted by Gasteiger charge is 2.17.